The molecule has 1 atom stereocenters. The molecule has 3 rings (SSSR count). The standard InChI is InChI=1S/C26H27N3O5S/c1-4-29(5-2)35(31,32)23-15-16-25(34-21-9-7-6-8-10-21)24(17-23)28-26(30)19(3)33-22-13-11-20(18-27)12-14-22/h6-17,19H,4-5H2,1-3H3,(H,28,30). The van der Waals surface area contributed by atoms with E-state index in [1.54, 1.807) is 69.3 Å². The molecule has 0 fully saturated rings. The maximum atomic E-state index is 13.1. The molecule has 182 valence electrons. The molecule has 1 unspecified atom stereocenters. The molecule has 0 bridgehead atoms. The predicted octanol–water partition coefficient (Wildman–Crippen LogP) is 4.79. The fourth-order valence-electron chi connectivity index (χ4n) is 3.28. The molecule has 0 aromatic heterocycles. The summed E-state index contributed by atoms with van der Waals surface area (Å²) in [5.74, 6) is 0.743. The van der Waals surface area contributed by atoms with E-state index in [0.717, 1.165) is 0 Å². The van der Waals surface area contributed by atoms with Gasteiger partial charge in [0, 0.05) is 13.1 Å². The fraction of sp³-hybridized carbons (Fsp3) is 0.231. The Balaban J connectivity index is 1.89. The second-order valence-electron chi connectivity index (χ2n) is 7.55. The Labute approximate surface area is 205 Å². The van der Waals surface area contributed by atoms with Gasteiger partial charge in [0.2, 0.25) is 10.0 Å². The third-order valence-electron chi connectivity index (χ3n) is 5.19. The van der Waals surface area contributed by atoms with E-state index in [9.17, 15) is 13.2 Å². The van der Waals surface area contributed by atoms with Crippen molar-refractivity contribution < 1.29 is 22.7 Å². The molecule has 3 aromatic rings. The van der Waals surface area contributed by atoms with Crippen molar-refractivity contribution in [3.05, 3.63) is 78.4 Å². The summed E-state index contributed by atoms with van der Waals surface area (Å²) in [4.78, 5) is 13.0. The quantitative estimate of drug-likeness (QED) is 0.435. The maximum absolute atomic E-state index is 13.1. The van der Waals surface area contributed by atoms with Crippen molar-refractivity contribution in [1.29, 1.82) is 5.26 Å². The number of ether oxygens (including phenoxy) is 2. The number of para-hydroxylation sites is 1. The zero-order valence-corrected chi connectivity index (χ0v) is 20.6. The van der Waals surface area contributed by atoms with Gasteiger partial charge >= 0.3 is 0 Å². The molecule has 0 saturated carbocycles. The number of amides is 1. The molecule has 1 amide bonds. The van der Waals surface area contributed by atoms with E-state index in [-0.39, 0.29) is 16.3 Å². The van der Waals surface area contributed by atoms with Gasteiger partial charge in [-0.1, -0.05) is 32.0 Å². The molecule has 3 aromatic carbocycles. The minimum atomic E-state index is -3.76. The van der Waals surface area contributed by atoms with Crippen molar-refractivity contribution in [2.24, 2.45) is 0 Å². The van der Waals surface area contributed by atoms with Gasteiger partial charge in [0.15, 0.2) is 11.9 Å². The Morgan fingerprint density at radius 1 is 1.00 bits per heavy atom. The summed E-state index contributed by atoms with van der Waals surface area (Å²) in [6.45, 7) is 5.73. The number of rotatable bonds is 10. The van der Waals surface area contributed by atoms with Crippen LogP contribution in [-0.2, 0) is 14.8 Å². The van der Waals surface area contributed by atoms with Crippen molar-refractivity contribution in [2.45, 2.75) is 31.8 Å². The van der Waals surface area contributed by atoms with Crippen molar-refractivity contribution >= 4 is 21.6 Å². The molecule has 0 heterocycles. The van der Waals surface area contributed by atoms with Crippen LogP contribution in [0.25, 0.3) is 0 Å². The molecule has 0 saturated heterocycles. The Morgan fingerprint density at radius 3 is 2.26 bits per heavy atom. The highest BCUT2D eigenvalue weighted by atomic mass is 32.2. The van der Waals surface area contributed by atoms with Gasteiger partial charge in [-0.05, 0) is 61.5 Å². The van der Waals surface area contributed by atoms with E-state index in [4.69, 9.17) is 14.7 Å². The number of nitrogens with one attached hydrogen (secondary N) is 1. The smallest absolute Gasteiger partial charge is 0.265 e. The number of sulfonamides is 1. The number of nitriles is 1. The third kappa shape index (κ3) is 6.38. The summed E-state index contributed by atoms with van der Waals surface area (Å²) in [5.41, 5.74) is 0.672. The molecular formula is C26H27N3O5S. The van der Waals surface area contributed by atoms with Crippen LogP contribution in [0, 0.1) is 11.3 Å². The Bertz CT molecular complexity index is 1300. The lowest BCUT2D eigenvalue weighted by molar-refractivity contribution is -0.122. The first-order valence-electron chi connectivity index (χ1n) is 11.1. The van der Waals surface area contributed by atoms with Crippen LogP contribution in [-0.4, -0.2) is 37.8 Å². The Morgan fingerprint density at radius 2 is 1.66 bits per heavy atom. The molecule has 0 spiro atoms. The molecule has 0 aliphatic heterocycles. The molecule has 35 heavy (non-hydrogen) atoms. The first kappa shape index (κ1) is 25.7. The number of hydrogen-bond acceptors (Lipinski definition) is 6. The lowest BCUT2D eigenvalue weighted by atomic mass is 10.2. The van der Waals surface area contributed by atoms with Crippen LogP contribution >= 0.6 is 0 Å². The van der Waals surface area contributed by atoms with Gasteiger partial charge in [-0.25, -0.2) is 8.42 Å². The highest BCUT2D eigenvalue weighted by Gasteiger charge is 2.24. The summed E-state index contributed by atoms with van der Waals surface area (Å²) < 4.78 is 39.1. The lowest BCUT2D eigenvalue weighted by Crippen LogP contribution is -2.31. The maximum Gasteiger partial charge on any atom is 0.265 e. The normalized spacial score (nSPS) is 12.0. The van der Waals surface area contributed by atoms with Gasteiger partial charge in [-0.15, -0.1) is 0 Å². The van der Waals surface area contributed by atoms with Gasteiger partial charge in [-0.2, -0.15) is 9.57 Å². The minimum Gasteiger partial charge on any atom is -0.481 e. The summed E-state index contributed by atoms with van der Waals surface area (Å²) in [7, 11) is -3.76. The average Bonchev–Trinajstić information content (AvgIpc) is 2.86. The van der Waals surface area contributed by atoms with Crippen LogP contribution in [0.3, 0.4) is 0 Å². The topological polar surface area (TPSA) is 109 Å². The number of benzene rings is 3. The van der Waals surface area contributed by atoms with Crippen LogP contribution in [0.2, 0.25) is 0 Å². The van der Waals surface area contributed by atoms with E-state index in [1.165, 1.54) is 22.5 Å². The summed E-state index contributed by atoms with van der Waals surface area (Å²) in [6.07, 6.45) is -0.907. The molecule has 1 N–H and O–H groups in total. The summed E-state index contributed by atoms with van der Waals surface area (Å²) in [5, 5.41) is 11.7. The summed E-state index contributed by atoms with van der Waals surface area (Å²) >= 11 is 0. The van der Waals surface area contributed by atoms with Crippen LogP contribution in [0.4, 0.5) is 5.69 Å². The predicted molar refractivity (Wildman–Crippen MR) is 133 cm³/mol. The largest absolute Gasteiger partial charge is 0.481 e. The fourth-order valence-corrected chi connectivity index (χ4v) is 4.77. The first-order valence-corrected chi connectivity index (χ1v) is 12.6. The van der Waals surface area contributed by atoms with Crippen molar-refractivity contribution in [2.75, 3.05) is 18.4 Å². The zero-order chi connectivity index (χ0) is 25.4. The molecular weight excluding hydrogens is 466 g/mol. The van der Waals surface area contributed by atoms with Gasteiger partial charge < -0.3 is 14.8 Å². The number of carbonyl (C=O) groups is 1. The van der Waals surface area contributed by atoms with Crippen molar-refractivity contribution in [3.63, 3.8) is 0 Å². The zero-order valence-electron chi connectivity index (χ0n) is 19.8. The van der Waals surface area contributed by atoms with Crippen LogP contribution in [0.15, 0.2) is 77.7 Å². The minimum absolute atomic E-state index is 0.0394. The number of anilines is 1. The van der Waals surface area contributed by atoms with Gasteiger partial charge in [-0.3, -0.25) is 4.79 Å². The molecule has 9 heteroatoms. The van der Waals surface area contributed by atoms with Crippen LogP contribution in [0.1, 0.15) is 26.3 Å². The molecule has 0 aliphatic carbocycles. The van der Waals surface area contributed by atoms with Gasteiger partial charge in [0.05, 0.1) is 22.2 Å². The highest BCUT2D eigenvalue weighted by molar-refractivity contribution is 7.89. The molecule has 0 aliphatic rings. The monoisotopic (exact) mass is 493 g/mol. The first-order chi connectivity index (χ1) is 16.8. The van der Waals surface area contributed by atoms with E-state index >= 15 is 0 Å². The van der Waals surface area contributed by atoms with Gasteiger partial charge in [0.1, 0.15) is 11.5 Å². The Hall–Kier alpha value is -3.87. The van der Waals surface area contributed by atoms with Crippen LogP contribution < -0.4 is 14.8 Å². The number of carbonyl (C=O) groups excluding carboxylic acids is 1. The Kier molecular flexibility index (Phi) is 8.47. The lowest BCUT2D eigenvalue weighted by Gasteiger charge is -2.21. The third-order valence-corrected chi connectivity index (χ3v) is 7.23. The SMILES string of the molecule is CCN(CC)S(=O)(=O)c1ccc(Oc2ccccc2)c(NC(=O)C(C)Oc2ccc(C#N)cc2)c1. The van der Waals surface area contributed by atoms with Crippen LogP contribution in [0.5, 0.6) is 17.2 Å². The second-order valence-corrected chi connectivity index (χ2v) is 9.49. The van der Waals surface area contributed by atoms with E-state index in [0.29, 0.717) is 30.2 Å². The highest BCUT2D eigenvalue weighted by Crippen LogP contribution is 2.33. The van der Waals surface area contributed by atoms with E-state index in [2.05, 4.69) is 5.32 Å². The molecule has 8 nitrogen and oxygen atoms in total. The number of hydrogen-bond donors (Lipinski definition) is 1. The van der Waals surface area contributed by atoms with Gasteiger partial charge in [0.25, 0.3) is 5.91 Å². The van der Waals surface area contributed by atoms with E-state index < -0.39 is 22.0 Å². The second kappa shape index (κ2) is 11.5. The van der Waals surface area contributed by atoms with E-state index in [1.807, 2.05) is 12.1 Å². The number of nitrogens with zero attached hydrogens (tertiary/aromatic N) is 2. The summed E-state index contributed by atoms with van der Waals surface area (Å²) in [6, 6.07) is 21.7. The van der Waals surface area contributed by atoms with Crippen molar-refractivity contribution in [1.82, 2.24) is 4.31 Å². The molecule has 0 radical (unpaired) electrons. The van der Waals surface area contributed by atoms with Crippen molar-refractivity contribution in [3.8, 4) is 23.3 Å². The average molecular weight is 494 g/mol.